The van der Waals surface area contributed by atoms with Crippen molar-refractivity contribution >= 4 is 17.5 Å². The number of rotatable bonds is 8. The predicted octanol–water partition coefficient (Wildman–Crippen LogP) is 3.14. The summed E-state index contributed by atoms with van der Waals surface area (Å²) in [5, 5.41) is 3.66. The highest BCUT2D eigenvalue weighted by Gasteiger charge is 2.08. The van der Waals surface area contributed by atoms with Crippen LogP contribution in [0, 0.1) is 0 Å². The molecule has 1 amide bonds. The zero-order valence-corrected chi connectivity index (χ0v) is 14.8. The molecule has 0 saturated heterocycles. The molecular weight excluding hydrogens is 324 g/mol. The Bertz CT molecular complexity index is 676. The van der Waals surface area contributed by atoms with Crippen molar-refractivity contribution in [1.29, 1.82) is 0 Å². The van der Waals surface area contributed by atoms with E-state index >= 15 is 0 Å². The van der Waals surface area contributed by atoms with Crippen molar-refractivity contribution in [3.63, 3.8) is 0 Å². The van der Waals surface area contributed by atoms with Crippen LogP contribution >= 0.6 is 11.6 Å². The first-order valence-electron chi connectivity index (χ1n) is 7.90. The van der Waals surface area contributed by atoms with E-state index in [0.29, 0.717) is 24.7 Å². The maximum absolute atomic E-state index is 12.0. The lowest BCUT2D eigenvalue weighted by Gasteiger charge is -2.16. The normalized spacial score (nSPS) is 10.7. The van der Waals surface area contributed by atoms with Gasteiger partial charge in [0.2, 0.25) is 5.91 Å². The average molecular weight is 347 g/mol. The molecule has 0 saturated carbocycles. The number of halogens is 1. The van der Waals surface area contributed by atoms with E-state index in [1.54, 1.807) is 7.11 Å². The van der Waals surface area contributed by atoms with Crippen LogP contribution in [0.25, 0.3) is 0 Å². The highest BCUT2D eigenvalue weighted by molar-refractivity contribution is 6.30. The summed E-state index contributed by atoms with van der Waals surface area (Å²) in [7, 11) is 3.57. The minimum absolute atomic E-state index is 0.00873. The first-order valence-corrected chi connectivity index (χ1v) is 8.28. The topological polar surface area (TPSA) is 41.6 Å². The molecular formula is C19H23ClN2O2. The molecule has 4 nitrogen and oxygen atoms in total. The molecule has 0 aliphatic rings. The Labute approximate surface area is 148 Å². The molecule has 2 rings (SSSR count). The Morgan fingerprint density at radius 2 is 2.00 bits per heavy atom. The van der Waals surface area contributed by atoms with Gasteiger partial charge in [-0.25, -0.2) is 0 Å². The van der Waals surface area contributed by atoms with Gasteiger partial charge in [-0.05, 0) is 42.8 Å². The number of carbonyl (C=O) groups is 1. The fourth-order valence-electron chi connectivity index (χ4n) is 2.55. The summed E-state index contributed by atoms with van der Waals surface area (Å²) in [6.07, 6.45) is 0.744. The Hall–Kier alpha value is -2.04. The van der Waals surface area contributed by atoms with E-state index in [1.807, 2.05) is 60.5 Å². The molecule has 2 aromatic rings. The number of para-hydroxylation sites is 1. The molecule has 0 heterocycles. The van der Waals surface area contributed by atoms with Gasteiger partial charge in [-0.3, -0.25) is 9.69 Å². The largest absolute Gasteiger partial charge is 0.496 e. The van der Waals surface area contributed by atoms with Gasteiger partial charge in [0, 0.05) is 18.1 Å². The number of methoxy groups -OCH3 is 1. The number of benzene rings is 2. The van der Waals surface area contributed by atoms with Gasteiger partial charge in [-0.1, -0.05) is 41.9 Å². The van der Waals surface area contributed by atoms with Gasteiger partial charge < -0.3 is 10.1 Å². The van der Waals surface area contributed by atoms with Crippen LogP contribution in [0.3, 0.4) is 0 Å². The van der Waals surface area contributed by atoms with E-state index < -0.39 is 0 Å². The number of hydrogen-bond donors (Lipinski definition) is 1. The van der Waals surface area contributed by atoms with Crippen molar-refractivity contribution in [2.45, 2.75) is 13.0 Å². The number of likely N-dealkylation sites (N-methyl/N-ethyl adjacent to an activating group) is 1. The number of hydrogen-bond acceptors (Lipinski definition) is 3. The van der Waals surface area contributed by atoms with E-state index in [9.17, 15) is 4.79 Å². The number of nitrogens with one attached hydrogen (secondary N) is 1. The van der Waals surface area contributed by atoms with Gasteiger partial charge >= 0.3 is 0 Å². The highest BCUT2D eigenvalue weighted by atomic mass is 35.5. The van der Waals surface area contributed by atoms with Crippen LogP contribution in [0.15, 0.2) is 48.5 Å². The Morgan fingerprint density at radius 1 is 1.21 bits per heavy atom. The number of nitrogens with zero attached hydrogens (tertiary/aromatic N) is 1. The molecule has 24 heavy (non-hydrogen) atoms. The average Bonchev–Trinajstić information content (AvgIpc) is 2.55. The maximum Gasteiger partial charge on any atom is 0.234 e. The zero-order valence-electron chi connectivity index (χ0n) is 14.1. The van der Waals surface area contributed by atoms with Gasteiger partial charge in [-0.2, -0.15) is 0 Å². The molecule has 2 aromatic carbocycles. The lowest BCUT2D eigenvalue weighted by molar-refractivity contribution is -0.122. The standard InChI is InChI=1S/C19H23ClN2O2/c1-22(13-15-6-5-8-17(20)12-15)14-19(23)21-11-10-16-7-3-4-9-18(16)24-2/h3-9,12H,10-11,13-14H2,1-2H3,(H,21,23). The van der Waals surface area contributed by atoms with E-state index in [0.717, 1.165) is 23.3 Å². The molecule has 0 bridgehead atoms. The van der Waals surface area contributed by atoms with Crippen LogP contribution in [0.4, 0.5) is 0 Å². The van der Waals surface area contributed by atoms with E-state index in [-0.39, 0.29) is 5.91 Å². The molecule has 0 spiro atoms. The van der Waals surface area contributed by atoms with Gasteiger partial charge in [0.05, 0.1) is 13.7 Å². The minimum atomic E-state index is 0.00873. The van der Waals surface area contributed by atoms with Gasteiger partial charge in [0.15, 0.2) is 0 Å². The SMILES string of the molecule is COc1ccccc1CCNC(=O)CN(C)Cc1cccc(Cl)c1. The van der Waals surface area contributed by atoms with Gasteiger partial charge in [0.1, 0.15) is 5.75 Å². The van der Waals surface area contributed by atoms with Crippen LogP contribution in [-0.2, 0) is 17.8 Å². The number of amides is 1. The van der Waals surface area contributed by atoms with Gasteiger partial charge in [-0.15, -0.1) is 0 Å². The van der Waals surface area contributed by atoms with Crippen LogP contribution in [0.2, 0.25) is 5.02 Å². The second-order valence-corrected chi connectivity index (χ2v) is 6.15. The summed E-state index contributed by atoms with van der Waals surface area (Å²) in [6.45, 7) is 1.61. The molecule has 0 atom stereocenters. The monoisotopic (exact) mass is 346 g/mol. The Kier molecular flexibility index (Phi) is 7.09. The quantitative estimate of drug-likeness (QED) is 0.798. The Morgan fingerprint density at radius 3 is 2.75 bits per heavy atom. The minimum Gasteiger partial charge on any atom is -0.496 e. The molecule has 0 radical (unpaired) electrons. The third-order valence-corrected chi connectivity index (χ3v) is 3.90. The number of ether oxygens (including phenoxy) is 1. The van der Waals surface area contributed by atoms with Crippen LogP contribution in [-0.4, -0.2) is 38.1 Å². The smallest absolute Gasteiger partial charge is 0.234 e. The molecule has 0 aliphatic carbocycles. The fraction of sp³-hybridized carbons (Fsp3) is 0.316. The molecule has 0 unspecified atom stereocenters. The van der Waals surface area contributed by atoms with E-state index in [1.165, 1.54) is 0 Å². The van der Waals surface area contributed by atoms with Crippen molar-refractivity contribution in [2.75, 3.05) is 27.2 Å². The zero-order chi connectivity index (χ0) is 17.4. The molecule has 0 fully saturated rings. The molecule has 5 heteroatoms. The van der Waals surface area contributed by atoms with Crippen molar-refractivity contribution < 1.29 is 9.53 Å². The fourth-order valence-corrected chi connectivity index (χ4v) is 2.76. The molecule has 128 valence electrons. The first-order chi connectivity index (χ1) is 11.6. The van der Waals surface area contributed by atoms with Crippen molar-refractivity contribution in [3.05, 3.63) is 64.7 Å². The third kappa shape index (κ3) is 5.87. The second kappa shape index (κ2) is 9.30. The van der Waals surface area contributed by atoms with Crippen LogP contribution < -0.4 is 10.1 Å². The summed E-state index contributed by atoms with van der Waals surface area (Å²) in [4.78, 5) is 14.0. The summed E-state index contributed by atoms with van der Waals surface area (Å²) < 4.78 is 5.31. The summed E-state index contributed by atoms with van der Waals surface area (Å²) in [5.74, 6) is 0.860. The highest BCUT2D eigenvalue weighted by Crippen LogP contribution is 2.17. The summed E-state index contributed by atoms with van der Waals surface area (Å²) in [5.41, 5.74) is 2.18. The lowest BCUT2D eigenvalue weighted by Crippen LogP contribution is -2.35. The van der Waals surface area contributed by atoms with Crippen LogP contribution in [0.5, 0.6) is 5.75 Å². The second-order valence-electron chi connectivity index (χ2n) is 5.71. The van der Waals surface area contributed by atoms with Gasteiger partial charge in [0.25, 0.3) is 0 Å². The van der Waals surface area contributed by atoms with Crippen molar-refractivity contribution in [1.82, 2.24) is 10.2 Å². The third-order valence-electron chi connectivity index (χ3n) is 3.66. The summed E-state index contributed by atoms with van der Waals surface area (Å²) in [6, 6.07) is 15.5. The van der Waals surface area contributed by atoms with Crippen molar-refractivity contribution in [3.8, 4) is 5.75 Å². The van der Waals surface area contributed by atoms with E-state index in [4.69, 9.17) is 16.3 Å². The van der Waals surface area contributed by atoms with Crippen molar-refractivity contribution in [2.24, 2.45) is 0 Å². The Balaban J connectivity index is 1.74. The maximum atomic E-state index is 12.0. The first kappa shape index (κ1) is 18.3. The number of carbonyl (C=O) groups excluding carboxylic acids is 1. The van der Waals surface area contributed by atoms with Crippen LogP contribution in [0.1, 0.15) is 11.1 Å². The summed E-state index contributed by atoms with van der Waals surface area (Å²) >= 11 is 5.98. The van der Waals surface area contributed by atoms with E-state index in [2.05, 4.69) is 5.32 Å². The molecule has 1 N–H and O–H groups in total. The molecule has 0 aromatic heterocycles. The lowest BCUT2D eigenvalue weighted by atomic mass is 10.1. The predicted molar refractivity (Wildman–Crippen MR) is 97.5 cm³/mol. The molecule has 0 aliphatic heterocycles.